The third kappa shape index (κ3) is 1.60. The highest BCUT2D eigenvalue weighted by atomic mass is 16.5. The Hall–Kier alpha value is -2.04. The Morgan fingerprint density at radius 1 is 1.62 bits per heavy atom. The van der Waals surface area contributed by atoms with Crippen molar-refractivity contribution in [1.82, 2.24) is 0 Å². The molecule has 84 valence electrons. The van der Waals surface area contributed by atoms with Crippen molar-refractivity contribution in [2.75, 3.05) is 18.5 Å². The van der Waals surface area contributed by atoms with Crippen LogP contribution in [0.25, 0.3) is 0 Å². The molecule has 0 atom stereocenters. The molecule has 1 aliphatic rings. The molecule has 1 aromatic carbocycles. The Morgan fingerprint density at radius 2 is 2.44 bits per heavy atom. The lowest BCUT2D eigenvalue weighted by Gasteiger charge is -2.06. The predicted octanol–water partition coefficient (Wildman–Crippen LogP) is 1.47. The molecule has 16 heavy (non-hydrogen) atoms. The standard InChI is InChI=1S/C11H12N2O3/c1-2-16-11(14)8-5-3-4-7-9(13-15)6-12-10(7)8/h3-5,12,15H,2,6H2,1H3/b13-9-. The van der Waals surface area contributed by atoms with Gasteiger partial charge in [0.25, 0.3) is 0 Å². The molecule has 0 saturated carbocycles. The van der Waals surface area contributed by atoms with Gasteiger partial charge >= 0.3 is 5.97 Å². The van der Waals surface area contributed by atoms with Gasteiger partial charge in [0.1, 0.15) is 5.71 Å². The Morgan fingerprint density at radius 3 is 3.12 bits per heavy atom. The van der Waals surface area contributed by atoms with Crippen LogP contribution in [0.3, 0.4) is 0 Å². The summed E-state index contributed by atoms with van der Waals surface area (Å²) in [4.78, 5) is 11.6. The highest BCUT2D eigenvalue weighted by Gasteiger charge is 2.23. The lowest BCUT2D eigenvalue weighted by atomic mass is 10.1. The molecule has 5 nitrogen and oxygen atoms in total. The fourth-order valence-corrected chi connectivity index (χ4v) is 1.72. The summed E-state index contributed by atoms with van der Waals surface area (Å²) in [5.74, 6) is -0.369. The number of ether oxygens (including phenoxy) is 1. The van der Waals surface area contributed by atoms with Crippen molar-refractivity contribution in [2.45, 2.75) is 6.92 Å². The third-order valence-corrected chi connectivity index (χ3v) is 2.42. The van der Waals surface area contributed by atoms with Crippen molar-refractivity contribution in [1.29, 1.82) is 0 Å². The summed E-state index contributed by atoms with van der Waals surface area (Å²) < 4.78 is 4.94. The van der Waals surface area contributed by atoms with Crippen molar-refractivity contribution >= 4 is 17.4 Å². The molecular weight excluding hydrogens is 208 g/mol. The number of fused-ring (bicyclic) bond motifs is 1. The summed E-state index contributed by atoms with van der Waals surface area (Å²) in [7, 11) is 0. The zero-order valence-electron chi connectivity index (χ0n) is 8.86. The lowest BCUT2D eigenvalue weighted by Crippen LogP contribution is -2.07. The van der Waals surface area contributed by atoms with Gasteiger partial charge in [-0.05, 0) is 13.0 Å². The normalized spacial score (nSPS) is 15.7. The van der Waals surface area contributed by atoms with E-state index in [1.54, 1.807) is 25.1 Å². The third-order valence-electron chi connectivity index (χ3n) is 2.42. The molecule has 0 spiro atoms. The molecule has 1 aromatic rings. The number of anilines is 1. The minimum Gasteiger partial charge on any atom is -0.462 e. The van der Waals surface area contributed by atoms with E-state index in [1.165, 1.54) is 0 Å². The van der Waals surface area contributed by atoms with Crippen LogP contribution >= 0.6 is 0 Å². The molecule has 0 aliphatic carbocycles. The number of nitrogens with one attached hydrogen (secondary N) is 1. The first-order chi connectivity index (χ1) is 7.77. The molecule has 5 heteroatoms. The van der Waals surface area contributed by atoms with Gasteiger partial charge in [-0.25, -0.2) is 4.79 Å². The molecule has 2 rings (SSSR count). The molecule has 1 aliphatic heterocycles. The first kappa shape index (κ1) is 10.5. The summed E-state index contributed by atoms with van der Waals surface area (Å²) >= 11 is 0. The summed E-state index contributed by atoms with van der Waals surface area (Å²) in [6, 6.07) is 5.22. The van der Waals surface area contributed by atoms with Crippen LogP contribution in [0, 0.1) is 0 Å². The Balaban J connectivity index is 2.43. The highest BCUT2D eigenvalue weighted by molar-refractivity contribution is 6.15. The second-order valence-corrected chi connectivity index (χ2v) is 3.35. The molecule has 0 saturated heterocycles. The Bertz CT molecular complexity index is 455. The van der Waals surface area contributed by atoms with E-state index in [2.05, 4.69) is 10.5 Å². The zero-order chi connectivity index (χ0) is 11.5. The second-order valence-electron chi connectivity index (χ2n) is 3.35. The van der Waals surface area contributed by atoms with Crippen molar-refractivity contribution in [3.8, 4) is 0 Å². The lowest BCUT2D eigenvalue weighted by molar-refractivity contribution is 0.0527. The van der Waals surface area contributed by atoms with Gasteiger partial charge in [-0.2, -0.15) is 0 Å². The first-order valence-electron chi connectivity index (χ1n) is 5.03. The Kier molecular flexibility index (Phi) is 2.76. The van der Waals surface area contributed by atoms with Gasteiger partial charge in [0.05, 0.1) is 24.4 Å². The smallest absolute Gasteiger partial charge is 0.340 e. The van der Waals surface area contributed by atoms with Gasteiger partial charge in [0.2, 0.25) is 0 Å². The monoisotopic (exact) mass is 220 g/mol. The molecule has 0 radical (unpaired) electrons. The highest BCUT2D eigenvalue weighted by Crippen LogP contribution is 2.27. The van der Waals surface area contributed by atoms with Crippen molar-refractivity contribution in [3.63, 3.8) is 0 Å². The fourth-order valence-electron chi connectivity index (χ4n) is 1.72. The van der Waals surface area contributed by atoms with Crippen LogP contribution < -0.4 is 5.32 Å². The van der Waals surface area contributed by atoms with Crippen LogP contribution in [0.5, 0.6) is 0 Å². The molecule has 0 bridgehead atoms. The summed E-state index contributed by atoms with van der Waals surface area (Å²) in [6.45, 7) is 2.51. The van der Waals surface area contributed by atoms with Gasteiger partial charge in [-0.15, -0.1) is 0 Å². The summed E-state index contributed by atoms with van der Waals surface area (Å²) in [5.41, 5.74) is 2.42. The SMILES string of the molecule is CCOC(=O)c1cccc2c1NC/C2=N/O. The maximum atomic E-state index is 11.6. The van der Waals surface area contributed by atoms with Crippen LogP contribution in [-0.4, -0.2) is 30.0 Å². The Labute approximate surface area is 92.7 Å². The second kappa shape index (κ2) is 4.22. The van der Waals surface area contributed by atoms with E-state index in [9.17, 15) is 4.79 Å². The average Bonchev–Trinajstić information content (AvgIpc) is 2.71. The van der Waals surface area contributed by atoms with E-state index in [-0.39, 0.29) is 5.97 Å². The van der Waals surface area contributed by atoms with Gasteiger partial charge in [-0.1, -0.05) is 17.3 Å². The van der Waals surface area contributed by atoms with Gasteiger partial charge in [0, 0.05) is 5.56 Å². The number of oxime groups is 1. The molecule has 1 heterocycles. The largest absolute Gasteiger partial charge is 0.462 e. The topological polar surface area (TPSA) is 70.9 Å². The number of carbonyl (C=O) groups is 1. The number of carbonyl (C=O) groups excluding carboxylic acids is 1. The fraction of sp³-hybridized carbons (Fsp3) is 0.273. The molecule has 0 amide bonds. The quantitative estimate of drug-likeness (QED) is 0.449. The zero-order valence-corrected chi connectivity index (χ0v) is 8.86. The van der Waals surface area contributed by atoms with Crippen molar-refractivity contribution in [2.24, 2.45) is 5.16 Å². The minimum absolute atomic E-state index is 0.337. The average molecular weight is 220 g/mol. The van der Waals surface area contributed by atoms with Crippen molar-refractivity contribution in [3.05, 3.63) is 29.3 Å². The molecular formula is C11H12N2O3. The summed E-state index contributed by atoms with van der Waals surface area (Å²) in [5, 5.41) is 15.0. The number of benzene rings is 1. The van der Waals surface area contributed by atoms with Crippen molar-refractivity contribution < 1.29 is 14.7 Å². The minimum atomic E-state index is -0.369. The number of hydrogen-bond donors (Lipinski definition) is 2. The molecule has 0 unspecified atom stereocenters. The molecule has 2 N–H and O–H groups in total. The van der Waals surface area contributed by atoms with Crippen LogP contribution in [0.15, 0.2) is 23.4 Å². The van der Waals surface area contributed by atoms with Crippen LogP contribution in [0.4, 0.5) is 5.69 Å². The number of para-hydroxylation sites is 1. The number of hydrogen-bond acceptors (Lipinski definition) is 5. The van der Waals surface area contributed by atoms with Crippen LogP contribution in [0.1, 0.15) is 22.8 Å². The van der Waals surface area contributed by atoms with E-state index in [1.807, 2.05) is 0 Å². The van der Waals surface area contributed by atoms with E-state index in [0.29, 0.717) is 30.1 Å². The molecule has 0 fully saturated rings. The van der Waals surface area contributed by atoms with E-state index in [4.69, 9.17) is 9.94 Å². The number of rotatable bonds is 2. The van der Waals surface area contributed by atoms with Gasteiger partial charge in [-0.3, -0.25) is 0 Å². The van der Waals surface area contributed by atoms with Gasteiger partial charge < -0.3 is 15.3 Å². The summed E-state index contributed by atoms with van der Waals surface area (Å²) in [6.07, 6.45) is 0. The number of esters is 1. The van der Waals surface area contributed by atoms with E-state index in [0.717, 1.165) is 5.56 Å². The maximum Gasteiger partial charge on any atom is 0.340 e. The van der Waals surface area contributed by atoms with E-state index < -0.39 is 0 Å². The first-order valence-corrected chi connectivity index (χ1v) is 5.03. The van der Waals surface area contributed by atoms with Crippen LogP contribution in [0.2, 0.25) is 0 Å². The molecule has 0 aromatic heterocycles. The maximum absolute atomic E-state index is 11.6. The van der Waals surface area contributed by atoms with Gasteiger partial charge in [0.15, 0.2) is 0 Å². The van der Waals surface area contributed by atoms with E-state index >= 15 is 0 Å². The predicted molar refractivity (Wildman–Crippen MR) is 59.2 cm³/mol. The number of nitrogens with zero attached hydrogens (tertiary/aromatic N) is 1. The van der Waals surface area contributed by atoms with Crippen LogP contribution in [-0.2, 0) is 4.74 Å².